The van der Waals surface area contributed by atoms with Gasteiger partial charge in [0.1, 0.15) is 5.82 Å². The Morgan fingerprint density at radius 3 is 2.53 bits per heavy atom. The van der Waals surface area contributed by atoms with Crippen LogP contribution in [0.1, 0.15) is 21.5 Å². The Kier molecular flexibility index (Phi) is 7.53. The Labute approximate surface area is 184 Å². The monoisotopic (exact) mass is 435 g/mol. The Morgan fingerprint density at radius 2 is 1.81 bits per heavy atom. The molecular weight excluding hydrogens is 413 g/mol. The summed E-state index contributed by atoms with van der Waals surface area (Å²) < 4.78 is 23.9. The second-order valence-corrected chi connectivity index (χ2v) is 6.82. The van der Waals surface area contributed by atoms with Crippen LogP contribution >= 0.6 is 0 Å². The number of amides is 1. The van der Waals surface area contributed by atoms with Crippen LogP contribution in [-0.4, -0.2) is 31.7 Å². The van der Waals surface area contributed by atoms with Crippen LogP contribution < -0.4 is 20.2 Å². The molecule has 7 nitrogen and oxygen atoms in total. The highest BCUT2D eigenvalue weighted by atomic mass is 19.1. The fraction of sp³-hybridized carbons (Fsp3) is 0.125. The molecule has 0 unspecified atom stereocenters. The molecule has 3 aromatic carbocycles. The minimum absolute atomic E-state index is 0.0681. The number of halogens is 1. The summed E-state index contributed by atoms with van der Waals surface area (Å²) >= 11 is 0. The molecule has 8 heteroatoms. The topological polar surface area (TPSA) is 89.0 Å². The molecule has 0 spiro atoms. The Morgan fingerprint density at radius 1 is 1.03 bits per heavy atom. The standard InChI is InChI=1S/C24H22FN3O4/c1-16-6-9-20(10-7-16)26-15-23(29)28-27-14-17-8-11-21(22(12-17)31-2)32-24(30)18-4-3-5-19(25)13-18/h3-14,26H,15H2,1-2H3,(H,28,29)/b27-14-. The molecule has 0 aliphatic heterocycles. The summed E-state index contributed by atoms with van der Waals surface area (Å²) in [5.74, 6) is -1.10. The summed E-state index contributed by atoms with van der Waals surface area (Å²) in [7, 11) is 1.42. The molecule has 0 fully saturated rings. The number of methoxy groups -OCH3 is 1. The number of ether oxygens (including phenoxy) is 2. The predicted molar refractivity (Wildman–Crippen MR) is 120 cm³/mol. The largest absolute Gasteiger partial charge is 0.493 e. The molecule has 0 heterocycles. The fourth-order valence-electron chi connectivity index (χ4n) is 2.70. The van der Waals surface area contributed by atoms with Crippen molar-refractivity contribution in [2.75, 3.05) is 19.0 Å². The van der Waals surface area contributed by atoms with E-state index in [-0.39, 0.29) is 29.5 Å². The van der Waals surface area contributed by atoms with E-state index < -0.39 is 11.8 Å². The second-order valence-electron chi connectivity index (χ2n) is 6.82. The highest BCUT2D eigenvalue weighted by molar-refractivity contribution is 5.91. The smallest absolute Gasteiger partial charge is 0.343 e. The number of hydrogen-bond acceptors (Lipinski definition) is 6. The van der Waals surface area contributed by atoms with Crippen molar-refractivity contribution in [1.82, 2.24) is 5.43 Å². The minimum atomic E-state index is -0.711. The molecule has 0 atom stereocenters. The molecule has 0 saturated heterocycles. The van der Waals surface area contributed by atoms with Crippen molar-refractivity contribution in [3.05, 3.63) is 89.2 Å². The number of nitrogens with zero attached hydrogens (tertiary/aromatic N) is 1. The van der Waals surface area contributed by atoms with Crippen molar-refractivity contribution < 1.29 is 23.5 Å². The zero-order chi connectivity index (χ0) is 22.9. The van der Waals surface area contributed by atoms with Gasteiger partial charge in [0.05, 0.1) is 25.4 Å². The van der Waals surface area contributed by atoms with Gasteiger partial charge in [-0.3, -0.25) is 4.79 Å². The van der Waals surface area contributed by atoms with Crippen LogP contribution in [0.15, 0.2) is 71.8 Å². The van der Waals surface area contributed by atoms with Crippen molar-refractivity contribution in [3.8, 4) is 11.5 Å². The van der Waals surface area contributed by atoms with Crippen molar-refractivity contribution in [1.29, 1.82) is 0 Å². The number of anilines is 1. The van der Waals surface area contributed by atoms with Crippen LogP contribution in [0.4, 0.5) is 10.1 Å². The molecule has 3 rings (SSSR count). The van der Waals surface area contributed by atoms with Gasteiger partial charge in [-0.25, -0.2) is 14.6 Å². The number of carbonyl (C=O) groups excluding carboxylic acids is 2. The van der Waals surface area contributed by atoms with Gasteiger partial charge in [-0.1, -0.05) is 23.8 Å². The first-order valence-electron chi connectivity index (χ1n) is 9.73. The lowest BCUT2D eigenvalue weighted by Gasteiger charge is -2.10. The van der Waals surface area contributed by atoms with E-state index in [0.717, 1.165) is 17.3 Å². The van der Waals surface area contributed by atoms with E-state index in [9.17, 15) is 14.0 Å². The fourth-order valence-corrected chi connectivity index (χ4v) is 2.70. The molecule has 0 aliphatic carbocycles. The Balaban J connectivity index is 1.56. The van der Waals surface area contributed by atoms with Crippen molar-refractivity contribution in [3.63, 3.8) is 0 Å². The van der Waals surface area contributed by atoms with Gasteiger partial charge in [-0.2, -0.15) is 5.10 Å². The first-order valence-corrected chi connectivity index (χ1v) is 9.73. The molecule has 0 aliphatic rings. The van der Waals surface area contributed by atoms with E-state index in [2.05, 4.69) is 15.8 Å². The lowest BCUT2D eigenvalue weighted by atomic mass is 10.2. The summed E-state index contributed by atoms with van der Waals surface area (Å²) in [4.78, 5) is 24.2. The third-order valence-electron chi connectivity index (χ3n) is 4.36. The van der Waals surface area contributed by atoms with Crippen LogP contribution in [0.3, 0.4) is 0 Å². The van der Waals surface area contributed by atoms with E-state index in [4.69, 9.17) is 9.47 Å². The molecule has 3 aromatic rings. The maximum absolute atomic E-state index is 13.3. The van der Waals surface area contributed by atoms with Crippen molar-refractivity contribution >= 4 is 23.8 Å². The summed E-state index contributed by atoms with van der Waals surface area (Å²) in [5.41, 5.74) is 5.09. The normalized spacial score (nSPS) is 10.6. The highest BCUT2D eigenvalue weighted by Gasteiger charge is 2.13. The van der Waals surface area contributed by atoms with Crippen LogP contribution in [-0.2, 0) is 4.79 Å². The summed E-state index contributed by atoms with van der Waals surface area (Å²) in [6.07, 6.45) is 1.43. The van der Waals surface area contributed by atoms with Gasteiger partial charge >= 0.3 is 5.97 Å². The van der Waals surface area contributed by atoms with Gasteiger partial charge in [0.15, 0.2) is 11.5 Å². The number of benzene rings is 3. The van der Waals surface area contributed by atoms with Crippen LogP contribution in [0.5, 0.6) is 11.5 Å². The van der Waals surface area contributed by atoms with Gasteiger partial charge in [-0.05, 0) is 61.0 Å². The SMILES string of the molecule is COc1cc(/C=N\NC(=O)CNc2ccc(C)cc2)ccc1OC(=O)c1cccc(F)c1. The molecule has 0 saturated carbocycles. The number of aryl methyl sites for hydroxylation is 1. The zero-order valence-electron chi connectivity index (χ0n) is 17.6. The van der Waals surface area contributed by atoms with E-state index in [0.29, 0.717) is 5.56 Å². The molecular formula is C24H22FN3O4. The Hall–Kier alpha value is -4.20. The third-order valence-corrected chi connectivity index (χ3v) is 4.36. The first kappa shape index (κ1) is 22.5. The molecule has 32 heavy (non-hydrogen) atoms. The predicted octanol–water partition coefficient (Wildman–Crippen LogP) is 3.92. The number of esters is 1. The average molecular weight is 435 g/mol. The number of nitrogens with one attached hydrogen (secondary N) is 2. The van der Waals surface area contributed by atoms with Crippen LogP contribution in [0.2, 0.25) is 0 Å². The van der Waals surface area contributed by atoms with Gasteiger partial charge in [0.2, 0.25) is 0 Å². The Bertz CT molecular complexity index is 1130. The maximum Gasteiger partial charge on any atom is 0.343 e. The zero-order valence-corrected chi connectivity index (χ0v) is 17.6. The summed E-state index contributed by atoms with van der Waals surface area (Å²) in [6.45, 7) is 2.06. The second kappa shape index (κ2) is 10.7. The first-order chi connectivity index (χ1) is 15.4. The maximum atomic E-state index is 13.3. The van der Waals surface area contributed by atoms with E-state index in [1.54, 1.807) is 12.1 Å². The molecule has 164 valence electrons. The number of carbonyl (C=O) groups is 2. The van der Waals surface area contributed by atoms with E-state index >= 15 is 0 Å². The van der Waals surface area contributed by atoms with E-state index in [1.165, 1.54) is 37.6 Å². The van der Waals surface area contributed by atoms with Crippen molar-refractivity contribution in [2.24, 2.45) is 5.10 Å². The number of hydrazone groups is 1. The van der Waals surface area contributed by atoms with Gasteiger partial charge in [0, 0.05) is 5.69 Å². The average Bonchev–Trinajstić information content (AvgIpc) is 2.79. The quantitative estimate of drug-likeness (QED) is 0.242. The van der Waals surface area contributed by atoms with E-state index in [1.807, 2.05) is 31.2 Å². The summed E-state index contributed by atoms with van der Waals surface area (Å²) in [5, 5.41) is 6.92. The minimum Gasteiger partial charge on any atom is -0.493 e. The molecule has 0 radical (unpaired) electrons. The number of rotatable bonds is 8. The molecule has 2 N–H and O–H groups in total. The third kappa shape index (κ3) is 6.40. The van der Waals surface area contributed by atoms with Crippen LogP contribution in [0.25, 0.3) is 0 Å². The van der Waals surface area contributed by atoms with Gasteiger partial charge < -0.3 is 14.8 Å². The lowest BCUT2D eigenvalue weighted by Crippen LogP contribution is -2.25. The number of hydrogen-bond donors (Lipinski definition) is 2. The molecule has 0 bridgehead atoms. The van der Waals surface area contributed by atoms with Gasteiger partial charge in [0.25, 0.3) is 5.91 Å². The van der Waals surface area contributed by atoms with Gasteiger partial charge in [-0.15, -0.1) is 0 Å². The lowest BCUT2D eigenvalue weighted by molar-refractivity contribution is -0.119. The highest BCUT2D eigenvalue weighted by Crippen LogP contribution is 2.28. The van der Waals surface area contributed by atoms with Crippen molar-refractivity contribution in [2.45, 2.75) is 6.92 Å². The molecule has 0 aromatic heterocycles. The van der Waals surface area contributed by atoms with Crippen LogP contribution in [0, 0.1) is 12.7 Å². The molecule has 1 amide bonds. The summed E-state index contributed by atoms with van der Waals surface area (Å²) in [6, 6.07) is 17.6.